The van der Waals surface area contributed by atoms with Gasteiger partial charge in [-0.1, -0.05) is 13.0 Å². The van der Waals surface area contributed by atoms with Gasteiger partial charge < -0.3 is 20.1 Å². The van der Waals surface area contributed by atoms with Crippen molar-refractivity contribution in [3.05, 3.63) is 41.3 Å². The predicted molar refractivity (Wildman–Crippen MR) is 101 cm³/mol. The summed E-state index contributed by atoms with van der Waals surface area (Å²) in [6.07, 6.45) is 1.66. The molecule has 0 atom stereocenters. The van der Waals surface area contributed by atoms with Crippen LogP contribution < -0.4 is 20.1 Å². The molecular formula is C19H26N4O3. The molecule has 0 unspecified atom stereocenters. The van der Waals surface area contributed by atoms with Crippen LogP contribution in [-0.4, -0.2) is 43.2 Å². The van der Waals surface area contributed by atoms with Crippen LogP contribution in [-0.2, 0) is 6.42 Å². The zero-order chi connectivity index (χ0) is 18.9. The van der Waals surface area contributed by atoms with Crippen molar-refractivity contribution >= 4 is 11.7 Å². The van der Waals surface area contributed by atoms with Gasteiger partial charge in [-0.3, -0.25) is 4.79 Å². The molecule has 2 aromatic rings. The Morgan fingerprint density at radius 2 is 1.85 bits per heavy atom. The molecule has 2 N–H and O–H groups in total. The fourth-order valence-corrected chi connectivity index (χ4v) is 2.47. The average Bonchev–Trinajstić information content (AvgIpc) is 2.65. The molecule has 0 radical (unpaired) electrons. The molecule has 0 saturated heterocycles. The number of aryl methyl sites for hydroxylation is 1. The van der Waals surface area contributed by atoms with Gasteiger partial charge in [0.15, 0.2) is 11.5 Å². The lowest BCUT2D eigenvalue weighted by atomic mass is 10.1. The first-order valence-electron chi connectivity index (χ1n) is 8.66. The van der Waals surface area contributed by atoms with Crippen LogP contribution in [0.3, 0.4) is 0 Å². The van der Waals surface area contributed by atoms with Gasteiger partial charge >= 0.3 is 0 Å². The number of rotatable bonds is 9. The maximum Gasteiger partial charge on any atom is 0.270 e. The lowest BCUT2D eigenvalue weighted by molar-refractivity contribution is 0.0948. The van der Waals surface area contributed by atoms with E-state index in [-0.39, 0.29) is 5.91 Å². The topological polar surface area (TPSA) is 85.4 Å². The number of aromatic nitrogens is 2. The Labute approximate surface area is 154 Å². The van der Waals surface area contributed by atoms with Crippen LogP contribution in [0.2, 0.25) is 0 Å². The highest BCUT2D eigenvalue weighted by atomic mass is 16.5. The number of carbonyl (C=O) groups is 1. The third-order valence-corrected chi connectivity index (χ3v) is 3.77. The van der Waals surface area contributed by atoms with E-state index in [1.807, 2.05) is 25.1 Å². The van der Waals surface area contributed by atoms with E-state index in [1.54, 1.807) is 27.2 Å². The summed E-state index contributed by atoms with van der Waals surface area (Å²) in [4.78, 5) is 20.6. The summed E-state index contributed by atoms with van der Waals surface area (Å²) in [6.45, 7) is 5.08. The van der Waals surface area contributed by atoms with Gasteiger partial charge in [-0.2, -0.15) is 0 Å². The van der Waals surface area contributed by atoms with Crippen molar-refractivity contribution in [2.45, 2.75) is 26.7 Å². The molecule has 0 saturated carbocycles. The number of ether oxygens (including phenoxy) is 2. The van der Waals surface area contributed by atoms with Gasteiger partial charge in [-0.05, 0) is 37.5 Å². The van der Waals surface area contributed by atoms with Crippen molar-refractivity contribution in [3.63, 3.8) is 0 Å². The Hall–Kier alpha value is -2.83. The van der Waals surface area contributed by atoms with Gasteiger partial charge in [0.1, 0.15) is 17.3 Å². The van der Waals surface area contributed by atoms with Crippen LogP contribution in [0, 0.1) is 6.92 Å². The molecule has 0 spiro atoms. The molecule has 2 rings (SSSR count). The molecule has 7 heteroatoms. The van der Waals surface area contributed by atoms with E-state index in [2.05, 4.69) is 20.6 Å². The number of methoxy groups -OCH3 is 2. The smallest absolute Gasteiger partial charge is 0.270 e. The van der Waals surface area contributed by atoms with E-state index < -0.39 is 0 Å². The lowest BCUT2D eigenvalue weighted by Crippen LogP contribution is -2.25. The molecule has 0 aliphatic rings. The summed E-state index contributed by atoms with van der Waals surface area (Å²) in [5.74, 6) is 2.43. The third kappa shape index (κ3) is 5.34. The maximum atomic E-state index is 12.1. The van der Waals surface area contributed by atoms with Crippen LogP contribution in [0.25, 0.3) is 0 Å². The van der Waals surface area contributed by atoms with E-state index in [0.717, 1.165) is 18.4 Å². The number of hydrogen-bond donors (Lipinski definition) is 2. The molecule has 1 heterocycles. The molecule has 26 heavy (non-hydrogen) atoms. The van der Waals surface area contributed by atoms with E-state index >= 15 is 0 Å². The van der Waals surface area contributed by atoms with E-state index in [0.29, 0.717) is 41.9 Å². The first kappa shape index (κ1) is 19.5. The summed E-state index contributed by atoms with van der Waals surface area (Å²) in [5.41, 5.74) is 1.49. The minimum atomic E-state index is -0.180. The average molecular weight is 358 g/mol. The van der Waals surface area contributed by atoms with E-state index in [9.17, 15) is 4.79 Å². The van der Waals surface area contributed by atoms with Crippen LogP contribution in [0.4, 0.5) is 5.82 Å². The largest absolute Gasteiger partial charge is 0.493 e. The fourth-order valence-electron chi connectivity index (χ4n) is 2.47. The summed E-state index contributed by atoms with van der Waals surface area (Å²) in [6, 6.07) is 7.51. The van der Waals surface area contributed by atoms with Crippen molar-refractivity contribution in [2.75, 3.05) is 32.6 Å². The molecule has 1 amide bonds. The van der Waals surface area contributed by atoms with Gasteiger partial charge in [0, 0.05) is 19.2 Å². The predicted octanol–water partition coefficient (Wildman–Crippen LogP) is 2.60. The monoisotopic (exact) mass is 358 g/mol. The normalized spacial score (nSPS) is 10.3. The lowest BCUT2D eigenvalue weighted by Gasteiger charge is -2.11. The molecule has 1 aromatic heterocycles. The molecule has 0 aliphatic carbocycles. The Bertz CT molecular complexity index is 750. The summed E-state index contributed by atoms with van der Waals surface area (Å²) in [7, 11) is 3.24. The molecular weight excluding hydrogens is 332 g/mol. The van der Waals surface area contributed by atoms with Crippen LogP contribution >= 0.6 is 0 Å². The molecule has 7 nitrogen and oxygen atoms in total. The van der Waals surface area contributed by atoms with Crippen molar-refractivity contribution < 1.29 is 14.3 Å². The molecule has 140 valence electrons. The third-order valence-electron chi connectivity index (χ3n) is 3.77. The number of hydrogen-bond acceptors (Lipinski definition) is 6. The standard InChI is InChI=1S/C19H26N4O3/c1-5-9-21-19(24)15-12-18(23-13(2)22-15)20-10-8-14-6-7-16(25-3)17(11-14)26-4/h6-7,11-12H,5,8-10H2,1-4H3,(H,21,24)(H,20,22,23). The second-order valence-corrected chi connectivity index (χ2v) is 5.81. The van der Waals surface area contributed by atoms with E-state index in [4.69, 9.17) is 9.47 Å². The zero-order valence-electron chi connectivity index (χ0n) is 15.8. The quantitative estimate of drug-likeness (QED) is 0.717. The number of anilines is 1. The Morgan fingerprint density at radius 1 is 1.08 bits per heavy atom. The highest BCUT2D eigenvalue weighted by Gasteiger charge is 2.10. The molecule has 1 aromatic carbocycles. The fraction of sp³-hybridized carbons (Fsp3) is 0.421. The first-order valence-corrected chi connectivity index (χ1v) is 8.66. The van der Waals surface area contributed by atoms with Crippen LogP contribution in [0.1, 0.15) is 35.2 Å². The van der Waals surface area contributed by atoms with Gasteiger partial charge in [-0.15, -0.1) is 0 Å². The highest BCUT2D eigenvalue weighted by molar-refractivity contribution is 5.92. The first-order chi connectivity index (χ1) is 12.6. The second-order valence-electron chi connectivity index (χ2n) is 5.81. The SMILES string of the molecule is CCCNC(=O)c1cc(NCCc2ccc(OC)c(OC)c2)nc(C)n1. The number of carbonyl (C=O) groups excluding carboxylic acids is 1. The van der Waals surface area contributed by atoms with Gasteiger partial charge in [-0.25, -0.2) is 9.97 Å². The Kier molecular flexibility index (Phi) is 7.20. The Morgan fingerprint density at radius 3 is 2.54 bits per heavy atom. The van der Waals surface area contributed by atoms with Crippen molar-refractivity contribution in [2.24, 2.45) is 0 Å². The highest BCUT2D eigenvalue weighted by Crippen LogP contribution is 2.27. The van der Waals surface area contributed by atoms with Gasteiger partial charge in [0.25, 0.3) is 5.91 Å². The number of nitrogens with zero attached hydrogens (tertiary/aromatic N) is 2. The van der Waals surface area contributed by atoms with Crippen molar-refractivity contribution in [1.29, 1.82) is 0 Å². The van der Waals surface area contributed by atoms with E-state index in [1.165, 1.54) is 0 Å². The minimum absolute atomic E-state index is 0.180. The second kappa shape index (κ2) is 9.60. The summed E-state index contributed by atoms with van der Waals surface area (Å²) < 4.78 is 10.6. The molecule has 0 fully saturated rings. The summed E-state index contributed by atoms with van der Waals surface area (Å²) in [5, 5.41) is 6.07. The van der Waals surface area contributed by atoms with Crippen molar-refractivity contribution in [3.8, 4) is 11.5 Å². The van der Waals surface area contributed by atoms with Crippen LogP contribution in [0.5, 0.6) is 11.5 Å². The van der Waals surface area contributed by atoms with Crippen LogP contribution in [0.15, 0.2) is 24.3 Å². The minimum Gasteiger partial charge on any atom is -0.493 e. The summed E-state index contributed by atoms with van der Waals surface area (Å²) >= 11 is 0. The maximum absolute atomic E-state index is 12.1. The number of nitrogens with one attached hydrogen (secondary N) is 2. The molecule has 0 aliphatic heterocycles. The van der Waals surface area contributed by atoms with Crippen molar-refractivity contribution in [1.82, 2.24) is 15.3 Å². The number of benzene rings is 1. The molecule has 0 bridgehead atoms. The van der Waals surface area contributed by atoms with Gasteiger partial charge in [0.05, 0.1) is 14.2 Å². The Balaban J connectivity index is 1.99. The zero-order valence-corrected chi connectivity index (χ0v) is 15.8. The number of amides is 1. The van der Waals surface area contributed by atoms with Gasteiger partial charge in [0.2, 0.25) is 0 Å².